The lowest BCUT2D eigenvalue weighted by Gasteiger charge is -2.16. The van der Waals surface area contributed by atoms with Gasteiger partial charge in [-0.1, -0.05) is 12.2 Å². The summed E-state index contributed by atoms with van der Waals surface area (Å²) in [5, 5.41) is 17.7. The summed E-state index contributed by atoms with van der Waals surface area (Å²) in [7, 11) is 0. The molecule has 0 saturated heterocycles. The van der Waals surface area contributed by atoms with Crippen molar-refractivity contribution >= 4 is 40.9 Å². The molecule has 0 bridgehead atoms. The molecule has 0 atom stereocenters. The van der Waals surface area contributed by atoms with Crippen molar-refractivity contribution in [1.29, 1.82) is 0 Å². The van der Waals surface area contributed by atoms with Crippen molar-refractivity contribution in [1.82, 2.24) is 4.90 Å². The second-order valence-corrected chi connectivity index (χ2v) is 5.16. The van der Waals surface area contributed by atoms with Gasteiger partial charge in [0, 0.05) is 18.7 Å². The molecule has 1 rings (SSSR count). The standard InChI is InChI=1S/C9H8O4.C5H11NS2/c1-5(10)6-2-3-8(11)7(4-6)9(12)13;1-3-6(4-2)5(7)8/h2-4,11H,1H3,(H,12,13);3-4H2,1-2H3,(H,7,8). The van der Waals surface area contributed by atoms with Gasteiger partial charge in [0.1, 0.15) is 15.6 Å². The number of ketones is 1. The van der Waals surface area contributed by atoms with Crippen LogP contribution in [0, 0.1) is 0 Å². The Morgan fingerprint density at radius 3 is 2.10 bits per heavy atom. The second kappa shape index (κ2) is 9.36. The summed E-state index contributed by atoms with van der Waals surface area (Å²) in [4.78, 5) is 23.4. The van der Waals surface area contributed by atoms with Crippen LogP contribution in [0.5, 0.6) is 5.75 Å². The number of aromatic carboxylic acids is 1. The Bertz CT molecular complexity index is 528. The Morgan fingerprint density at radius 1 is 1.29 bits per heavy atom. The number of thiol groups is 1. The van der Waals surface area contributed by atoms with Gasteiger partial charge in [0.05, 0.1) is 0 Å². The number of carbonyl (C=O) groups excluding carboxylic acids is 1. The predicted molar refractivity (Wildman–Crippen MR) is 89.6 cm³/mol. The fraction of sp³-hybridized carbons (Fsp3) is 0.357. The van der Waals surface area contributed by atoms with Crippen molar-refractivity contribution in [2.45, 2.75) is 20.8 Å². The van der Waals surface area contributed by atoms with E-state index in [0.29, 0.717) is 4.32 Å². The topological polar surface area (TPSA) is 77.8 Å². The molecule has 0 spiro atoms. The molecule has 0 aliphatic rings. The van der Waals surface area contributed by atoms with Crippen LogP contribution in [0.25, 0.3) is 0 Å². The molecule has 21 heavy (non-hydrogen) atoms. The fourth-order valence-electron chi connectivity index (χ4n) is 1.42. The summed E-state index contributed by atoms with van der Waals surface area (Å²) < 4.78 is 0.690. The number of aromatic hydroxyl groups is 1. The van der Waals surface area contributed by atoms with Gasteiger partial charge < -0.3 is 15.1 Å². The number of hydrogen-bond acceptors (Lipinski definition) is 4. The van der Waals surface area contributed by atoms with Crippen LogP contribution in [0.1, 0.15) is 41.5 Å². The lowest BCUT2D eigenvalue weighted by molar-refractivity contribution is 0.0693. The third-order valence-corrected chi connectivity index (χ3v) is 3.21. The van der Waals surface area contributed by atoms with Gasteiger partial charge in [0.2, 0.25) is 0 Å². The number of rotatable bonds is 4. The van der Waals surface area contributed by atoms with Crippen LogP contribution in [0.15, 0.2) is 18.2 Å². The number of hydrogen-bond donors (Lipinski definition) is 3. The summed E-state index contributed by atoms with van der Waals surface area (Å²) in [6.07, 6.45) is 0. The Morgan fingerprint density at radius 2 is 1.81 bits per heavy atom. The van der Waals surface area contributed by atoms with E-state index in [4.69, 9.17) is 22.4 Å². The minimum atomic E-state index is -1.25. The number of carboxylic acid groups (broad SMARTS) is 1. The van der Waals surface area contributed by atoms with Crippen molar-refractivity contribution < 1.29 is 19.8 Å². The van der Waals surface area contributed by atoms with Crippen LogP contribution in [0.3, 0.4) is 0 Å². The second-order valence-electron chi connectivity index (χ2n) is 4.05. The predicted octanol–water partition coefficient (Wildman–Crippen LogP) is 2.84. The Kier molecular flexibility index (Phi) is 8.64. The van der Waals surface area contributed by atoms with E-state index in [0.717, 1.165) is 19.2 Å². The van der Waals surface area contributed by atoms with Crippen LogP contribution >= 0.6 is 24.8 Å². The molecule has 2 N–H and O–H groups in total. The maximum absolute atomic E-state index is 10.9. The number of carbonyl (C=O) groups is 2. The maximum atomic E-state index is 10.9. The summed E-state index contributed by atoms with van der Waals surface area (Å²) in [5.74, 6) is -1.82. The lowest BCUT2D eigenvalue weighted by atomic mass is 10.1. The van der Waals surface area contributed by atoms with Crippen LogP contribution in [0.2, 0.25) is 0 Å². The molecule has 0 heterocycles. The number of thiocarbonyl (C=S) groups is 1. The zero-order chi connectivity index (χ0) is 16.6. The zero-order valence-electron chi connectivity index (χ0n) is 12.2. The molecule has 7 heteroatoms. The number of Topliss-reactive ketones (excluding diaryl/α,β-unsaturated/α-hetero) is 1. The number of nitrogens with zero attached hydrogens (tertiary/aromatic N) is 1. The molecular weight excluding hydrogens is 310 g/mol. The Hall–Kier alpha value is -1.60. The first-order valence-electron chi connectivity index (χ1n) is 6.29. The first-order valence-corrected chi connectivity index (χ1v) is 7.15. The van der Waals surface area contributed by atoms with Crippen molar-refractivity contribution in [3.05, 3.63) is 29.3 Å². The summed E-state index contributed by atoms with van der Waals surface area (Å²) in [5.41, 5.74) is 0.0166. The highest BCUT2D eigenvalue weighted by Crippen LogP contribution is 2.18. The normalized spacial score (nSPS) is 9.33. The van der Waals surface area contributed by atoms with Crippen molar-refractivity contribution in [2.24, 2.45) is 0 Å². The molecule has 0 radical (unpaired) electrons. The highest BCUT2D eigenvalue weighted by Gasteiger charge is 2.11. The Labute approximate surface area is 135 Å². The SMILES string of the molecule is CC(=O)c1ccc(O)c(C(=O)O)c1.CCN(CC)C(=S)S. The van der Waals surface area contributed by atoms with E-state index in [2.05, 4.69) is 26.5 Å². The van der Waals surface area contributed by atoms with E-state index in [-0.39, 0.29) is 22.7 Å². The van der Waals surface area contributed by atoms with Crippen LogP contribution in [-0.2, 0) is 0 Å². The molecule has 0 unspecified atom stereocenters. The van der Waals surface area contributed by atoms with Gasteiger partial charge >= 0.3 is 5.97 Å². The van der Waals surface area contributed by atoms with Crippen molar-refractivity contribution in [3.8, 4) is 5.75 Å². The summed E-state index contributed by atoms with van der Waals surface area (Å²) >= 11 is 8.82. The third kappa shape index (κ3) is 6.59. The first kappa shape index (κ1) is 19.4. The minimum absolute atomic E-state index is 0.234. The van der Waals surface area contributed by atoms with E-state index in [1.165, 1.54) is 19.1 Å². The average molecular weight is 329 g/mol. The first-order chi connectivity index (χ1) is 9.74. The molecule has 116 valence electrons. The summed E-state index contributed by atoms with van der Waals surface area (Å²) in [6.45, 7) is 7.37. The van der Waals surface area contributed by atoms with Crippen LogP contribution in [-0.4, -0.2) is 44.3 Å². The monoisotopic (exact) mass is 329 g/mol. The van der Waals surface area contributed by atoms with E-state index in [9.17, 15) is 9.59 Å². The zero-order valence-corrected chi connectivity index (χ0v) is 13.9. The highest BCUT2D eigenvalue weighted by molar-refractivity contribution is 8.10. The van der Waals surface area contributed by atoms with E-state index >= 15 is 0 Å². The molecule has 1 aromatic carbocycles. The van der Waals surface area contributed by atoms with Crippen molar-refractivity contribution in [2.75, 3.05) is 13.1 Å². The summed E-state index contributed by atoms with van der Waals surface area (Å²) in [6, 6.07) is 3.73. The van der Waals surface area contributed by atoms with Crippen LogP contribution in [0.4, 0.5) is 0 Å². The van der Waals surface area contributed by atoms with Gasteiger partial charge in [-0.25, -0.2) is 4.79 Å². The molecule has 0 aromatic heterocycles. The van der Waals surface area contributed by atoms with Gasteiger partial charge in [-0.2, -0.15) is 0 Å². The average Bonchev–Trinajstić information content (AvgIpc) is 2.40. The van der Waals surface area contributed by atoms with E-state index in [1.54, 1.807) is 0 Å². The van der Waals surface area contributed by atoms with E-state index in [1.807, 2.05) is 4.90 Å². The van der Waals surface area contributed by atoms with Gasteiger partial charge in [-0.05, 0) is 39.0 Å². The molecule has 0 saturated carbocycles. The fourth-order valence-corrected chi connectivity index (χ4v) is 1.96. The molecule has 0 fully saturated rings. The molecule has 1 aromatic rings. The molecule has 5 nitrogen and oxygen atoms in total. The lowest BCUT2D eigenvalue weighted by Crippen LogP contribution is -2.24. The minimum Gasteiger partial charge on any atom is -0.507 e. The van der Waals surface area contributed by atoms with Crippen LogP contribution < -0.4 is 0 Å². The molecular formula is C14H19NO4S2. The quantitative estimate of drug-likeness (QED) is 0.448. The largest absolute Gasteiger partial charge is 0.507 e. The Balaban J connectivity index is 0.000000433. The van der Waals surface area contributed by atoms with Gasteiger partial charge in [-0.3, -0.25) is 4.79 Å². The highest BCUT2D eigenvalue weighted by atomic mass is 32.1. The maximum Gasteiger partial charge on any atom is 0.339 e. The molecule has 0 aliphatic carbocycles. The third-order valence-electron chi connectivity index (χ3n) is 2.67. The number of carboxylic acids is 1. The molecule has 0 aliphatic heterocycles. The van der Waals surface area contributed by atoms with Gasteiger partial charge in [0.15, 0.2) is 5.78 Å². The smallest absolute Gasteiger partial charge is 0.339 e. The molecule has 0 amide bonds. The van der Waals surface area contributed by atoms with Crippen molar-refractivity contribution in [3.63, 3.8) is 0 Å². The number of phenols is 1. The van der Waals surface area contributed by atoms with Gasteiger partial charge in [0.25, 0.3) is 0 Å². The number of benzene rings is 1. The van der Waals surface area contributed by atoms with E-state index < -0.39 is 5.97 Å². The van der Waals surface area contributed by atoms with Gasteiger partial charge in [-0.15, -0.1) is 12.6 Å².